The molecule has 0 spiro atoms. The second-order valence-electron chi connectivity index (χ2n) is 6.03. The Bertz CT molecular complexity index is 844. The van der Waals surface area contributed by atoms with Gasteiger partial charge in [-0.05, 0) is 43.2 Å². The molecule has 6 N–H and O–H groups in total. The molecule has 0 aliphatic rings. The van der Waals surface area contributed by atoms with E-state index in [4.69, 9.17) is 5.73 Å². The molecular weight excluding hydrogens is 304 g/mol. The van der Waals surface area contributed by atoms with E-state index in [1.807, 2.05) is 12.3 Å². The van der Waals surface area contributed by atoms with Crippen molar-refractivity contribution < 1.29 is 10.2 Å². The molecule has 24 heavy (non-hydrogen) atoms. The minimum atomic E-state index is -0.0552. The molecule has 2 aromatic heterocycles. The lowest BCUT2D eigenvalue weighted by Crippen LogP contribution is -2.28. The summed E-state index contributed by atoms with van der Waals surface area (Å²) >= 11 is 0. The molecule has 2 heterocycles. The van der Waals surface area contributed by atoms with Crippen molar-refractivity contribution >= 4 is 16.7 Å². The highest BCUT2D eigenvalue weighted by molar-refractivity contribution is 5.84. The number of hydrogen-bond donors (Lipinski definition) is 5. The van der Waals surface area contributed by atoms with E-state index in [2.05, 4.69) is 22.2 Å². The van der Waals surface area contributed by atoms with Gasteiger partial charge in [-0.2, -0.15) is 0 Å². The summed E-state index contributed by atoms with van der Waals surface area (Å²) in [5, 5.41) is 23.5. The van der Waals surface area contributed by atoms with E-state index in [0.29, 0.717) is 12.4 Å². The average Bonchev–Trinajstić information content (AvgIpc) is 2.95. The maximum absolute atomic E-state index is 9.67. The Kier molecular flexibility index (Phi) is 4.69. The summed E-state index contributed by atoms with van der Waals surface area (Å²) in [7, 11) is 0. The quantitative estimate of drug-likeness (QED) is 0.477. The maximum Gasteiger partial charge on any atom is 0.123 e. The van der Waals surface area contributed by atoms with Gasteiger partial charge in [0.2, 0.25) is 0 Å². The van der Waals surface area contributed by atoms with Gasteiger partial charge in [-0.25, -0.2) is 4.98 Å². The van der Waals surface area contributed by atoms with Crippen molar-refractivity contribution in [1.29, 1.82) is 0 Å². The summed E-state index contributed by atoms with van der Waals surface area (Å²) in [5.41, 5.74) is 9.42. The first-order valence-electron chi connectivity index (χ1n) is 7.94. The lowest BCUT2D eigenvalue weighted by atomic mass is 10.1. The zero-order chi connectivity index (χ0) is 17.1. The number of nitrogens with one attached hydrogen (secondary N) is 2. The number of benzene rings is 1. The Morgan fingerprint density at radius 3 is 2.88 bits per heavy atom. The molecule has 1 unspecified atom stereocenters. The van der Waals surface area contributed by atoms with Crippen LogP contribution in [0.5, 0.6) is 5.75 Å². The van der Waals surface area contributed by atoms with E-state index in [1.54, 1.807) is 24.3 Å². The number of phenols is 1. The summed E-state index contributed by atoms with van der Waals surface area (Å²) in [4.78, 5) is 7.51. The number of H-pyrrole nitrogens is 1. The number of aliphatic hydroxyl groups is 1. The van der Waals surface area contributed by atoms with Crippen LogP contribution in [0.25, 0.3) is 10.9 Å². The van der Waals surface area contributed by atoms with Crippen LogP contribution in [0.15, 0.2) is 36.5 Å². The number of aromatic hydroxyl groups is 1. The molecule has 0 aliphatic heterocycles. The first kappa shape index (κ1) is 16.3. The van der Waals surface area contributed by atoms with Crippen LogP contribution in [0.4, 0.5) is 5.82 Å². The van der Waals surface area contributed by atoms with Gasteiger partial charge in [0.15, 0.2) is 0 Å². The van der Waals surface area contributed by atoms with Crippen molar-refractivity contribution in [2.75, 3.05) is 5.73 Å². The van der Waals surface area contributed by atoms with Crippen molar-refractivity contribution in [3.05, 3.63) is 53.3 Å². The van der Waals surface area contributed by atoms with E-state index in [0.717, 1.165) is 34.1 Å². The number of aromatic nitrogens is 2. The van der Waals surface area contributed by atoms with E-state index in [1.165, 1.54) is 0 Å². The van der Waals surface area contributed by atoms with Gasteiger partial charge in [-0.3, -0.25) is 0 Å². The molecule has 0 saturated heterocycles. The molecule has 1 atom stereocenters. The number of rotatable bonds is 6. The Balaban J connectivity index is 1.68. The number of anilines is 1. The first-order valence-corrected chi connectivity index (χ1v) is 7.94. The molecule has 3 aromatic rings. The minimum Gasteiger partial charge on any atom is -0.508 e. The summed E-state index contributed by atoms with van der Waals surface area (Å²) in [6.07, 6.45) is 2.78. The molecule has 1 aromatic carbocycles. The van der Waals surface area contributed by atoms with Gasteiger partial charge in [0.1, 0.15) is 11.6 Å². The SMILES string of the molecule is CC(Cc1c[nH]c2ccc(O)cc12)NCc1nc(N)ccc1CO. The van der Waals surface area contributed by atoms with Crippen LogP contribution in [-0.2, 0) is 19.6 Å². The number of phenolic OH excluding ortho intramolecular Hbond substituents is 1. The van der Waals surface area contributed by atoms with E-state index in [9.17, 15) is 10.2 Å². The molecule has 0 saturated carbocycles. The first-order chi connectivity index (χ1) is 11.6. The van der Waals surface area contributed by atoms with Gasteiger partial charge >= 0.3 is 0 Å². The van der Waals surface area contributed by atoms with Crippen molar-refractivity contribution in [3.8, 4) is 5.75 Å². The number of hydrogen-bond acceptors (Lipinski definition) is 5. The zero-order valence-electron chi connectivity index (χ0n) is 13.6. The Morgan fingerprint density at radius 1 is 1.25 bits per heavy atom. The summed E-state index contributed by atoms with van der Waals surface area (Å²) in [5.74, 6) is 0.712. The minimum absolute atomic E-state index is 0.0552. The topological polar surface area (TPSA) is 107 Å². The third-order valence-electron chi connectivity index (χ3n) is 4.16. The highest BCUT2D eigenvalue weighted by Crippen LogP contribution is 2.24. The van der Waals surface area contributed by atoms with E-state index < -0.39 is 0 Å². The third-order valence-corrected chi connectivity index (χ3v) is 4.16. The normalized spacial score (nSPS) is 12.6. The summed E-state index contributed by atoms with van der Waals surface area (Å²) < 4.78 is 0. The number of aromatic amines is 1. The summed E-state index contributed by atoms with van der Waals surface area (Å²) in [6.45, 7) is 2.57. The van der Waals surface area contributed by atoms with Gasteiger partial charge in [0.05, 0.1) is 12.3 Å². The maximum atomic E-state index is 9.67. The highest BCUT2D eigenvalue weighted by Gasteiger charge is 2.11. The molecule has 0 radical (unpaired) electrons. The van der Waals surface area contributed by atoms with Crippen LogP contribution in [0.2, 0.25) is 0 Å². The van der Waals surface area contributed by atoms with Crippen LogP contribution < -0.4 is 11.1 Å². The predicted octanol–water partition coefficient (Wildman–Crippen LogP) is 2.06. The Labute approximate surface area is 140 Å². The van der Waals surface area contributed by atoms with Crippen molar-refractivity contribution in [3.63, 3.8) is 0 Å². The predicted molar refractivity (Wildman–Crippen MR) is 94.5 cm³/mol. The van der Waals surface area contributed by atoms with Crippen molar-refractivity contribution in [2.45, 2.75) is 32.5 Å². The van der Waals surface area contributed by atoms with Crippen LogP contribution in [0.3, 0.4) is 0 Å². The van der Waals surface area contributed by atoms with Crippen LogP contribution >= 0.6 is 0 Å². The number of nitrogen functional groups attached to an aromatic ring is 1. The number of nitrogens with zero attached hydrogens (tertiary/aromatic N) is 1. The second-order valence-corrected chi connectivity index (χ2v) is 6.03. The van der Waals surface area contributed by atoms with Gasteiger partial charge in [-0.15, -0.1) is 0 Å². The molecule has 6 nitrogen and oxygen atoms in total. The molecule has 0 amide bonds. The van der Waals surface area contributed by atoms with Gasteiger partial charge in [0, 0.05) is 35.2 Å². The molecule has 126 valence electrons. The molecular formula is C18H22N4O2. The largest absolute Gasteiger partial charge is 0.508 e. The monoisotopic (exact) mass is 326 g/mol. The standard InChI is InChI=1S/C18H22N4O2/c1-11(20-9-17-12(10-23)2-5-18(19)22-17)6-13-8-21-16-4-3-14(24)7-15(13)16/h2-5,7-8,11,20-21,23-24H,6,9-10H2,1H3,(H2,19,22). The zero-order valence-corrected chi connectivity index (χ0v) is 13.6. The molecule has 6 heteroatoms. The van der Waals surface area contributed by atoms with Crippen LogP contribution in [-0.4, -0.2) is 26.2 Å². The van der Waals surface area contributed by atoms with Crippen molar-refractivity contribution in [1.82, 2.24) is 15.3 Å². The molecule has 0 bridgehead atoms. The lowest BCUT2D eigenvalue weighted by molar-refractivity contribution is 0.279. The molecule has 0 aliphatic carbocycles. The smallest absolute Gasteiger partial charge is 0.123 e. The number of pyridine rings is 1. The molecule has 0 fully saturated rings. The second kappa shape index (κ2) is 6.90. The van der Waals surface area contributed by atoms with Crippen molar-refractivity contribution in [2.24, 2.45) is 0 Å². The fraction of sp³-hybridized carbons (Fsp3) is 0.278. The van der Waals surface area contributed by atoms with Gasteiger partial charge in [0.25, 0.3) is 0 Å². The Morgan fingerprint density at radius 2 is 2.08 bits per heavy atom. The molecule has 3 rings (SSSR count). The summed E-state index contributed by atoms with van der Waals surface area (Å²) in [6, 6.07) is 9.00. The van der Waals surface area contributed by atoms with Gasteiger partial charge in [-0.1, -0.05) is 6.07 Å². The number of fused-ring (bicyclic) bond motifs is 1. The van der Waals surface area contributed by atoms with Crippen LogP contribution in [0.1, 0.15) is 23.7 Å². The van der Waals surface area contributed by atoms with Gasteiger partial charge < -0.3 is 26.2 Å². The Hall–Kier alpha value is -2.57. The fourth-order valence-electron chi connectivity index (χ4n) is 2.85. The fourth-order valence-corrected chi connectivity index (χ4v) is 2.85. The average molecular weight is 326 g/mol. The lowest BCUT2D eigenvalue weighted by Gasteiger charge is -2.15. The van der Waals surface area contributed by atoms with E-state index >= 15 is 0 Å². The highest BCUT2D eigenvalue weighted by atomic mass is 16.3. The third kappa shape index (κ3) is 3.50. The number of aliphatic hydroxyl groups excluding tert-OH is 1. The number of nitrogens with two attached hydrogens (primary N) is 1. The van der Waals surface area contributed by atoms with E-state index in [-0.39, 0.29) is 18.4 Å². The van der Waals surface area contributed by atoms with Crippen LogP contribution in [0, 0.1) is 0 Å².